The molecule has 0 radical (unpaired) electrons. The molecule has 5 heteroatoms. The van der Waals surface area contributed by atoms with Crippen molar-refractivity contribution in [3.63, 3.8) is 0 Å². The molecule has 2 aromatic rings. The van der Waals surface area contributed by atoms with E-state index in [1.165, 1.54) is 5.56 Å². The van der Waals surface area contributed by atoms with Gasteiger partial charge in [0.05, 0.1) is 12.5 Å². The van der Waals surface area contributed by atoms with Crippen molar-refractivity contribution < 1.29 is 18.9 Å². The summed E-state index contributed by atoms with van der Waals surface area (Å²) in [6, 6.07) is 11.8. The van der Waals surface area contributed by atoms with Crippen molar-refractivity contribution in [2.24, 2.45) is 13.0 Å². The molecular weight excluding hydrogens is 352 g/mol. The average molecular weight is 384 g/mol. The maximum atomic E-state index is 12.2. The summed E-state index contributed by atoms with van der Waals surface area (Å²) < 4.78 is 7.19. The second-order valence-electron chi connectivity index (χ2n) is 7.60. The SMILES string of the molecule is CC(C)Cc1ccc(C(C)C(=O)OCCCNC(=O)c2ccc[n+](C)c2)cc1. The first-order chi connectivity index (χ1) is 13.4. The Morgan fingerprint density at radius 2 is 1.82 bits per heavy atom. The number of rotatable bonds is 9. The molecule has 0 saturated heterocycles. The van der Waals surface area contributed by atoms with Crippen molar-refractivity contribution >= 4 is 11.9 Å². The van der Waals surface area contributed by atoms with E-state index in [1.54, 1.807) is 12.3 Å². The van der Waals surface area contributed by atoms with Crippen LogP contribution < -0.4 is 9.88 Å². The summed E-state index contributed by atoms with van der Waals surface area (Å²) in [4.78, 5) is 24.3. The van der Waals surface area contributed by atoms with Gasteiger partial charge in [0.15, 0.2) is 12.4 Å². The zero-order chi connectivity index (χ0) is 20.5. The molecule has 1 aromatic heterocycles. The van der Waals surface area contributed by atoms with Crippen LogP contribution in [0.1, 0.15) is 54.6 Å². The van der Waals surface area contributed by atoms with Crippen molar-refractivity contribution in [2.45, 2.75) is 39.5 Å². The van der Waals surface area contributed by atoms with Gasteiger partial charge in [-0.3, -0.25) is 9.59 Å². The van der Waals surface area contributed by atoms with E-state index in [0.717, 1.165) is 12.0 Å². The molecule has 0 bridgehead atoms. The average Bonchev–Trinajstić information content (AvgIpc) is 2.67. The Balaban J connectivity index is 1.71. The van der Waals surface area contributed by atoms with Gasteiger partial charge in [-0.2, -0.15) is 0 Å². The predicted molar refractivity (Wildman–Crippen MR) is 109 cm³/mol. The minimum atomic E-state index is -0.299. The molecule has 1 aromatic carbocycles. The summed E-state index contributed by atoms with van der Waals surface area (Å²) in [6.07, 6.45) is 5.25. The molecular formula is C23H31N2O3+. The molecule has 1 unspecified atom stereocenters. The minimum absolute atomic E-state index is 0.127. The highest BCUT2D eigenvalue weighted by Gasteiger charge is 2.17. The number of esters is 1. The Kier molecular flexibility index (Phi) is 8.18. The van der Waals surface area contributed by atoms with Crippen molar-refractivity contribution in [2.75, 3.05) is 13.2 Å². The highest BCUT2D eigenvalue weighted by atomic mass is 16.5. The number of carbonyl (C=O) groups excluding carboxylic acids is 2. The number of benzene rings is 1. The topological polar surface area (TPSA) is 59.3 Å². The van der Waals surface area contributed by atoms with E-state index in [9.17, 15) is 9.59 Å². The predicted octanol–water partition coefficient (Wildman–Crippen LogP) is 3.18. The lowest BCUT2D eigenvalue weighted by atomic mass is 9.97. The van der Waals surface area contributed by atoms with E-state index in [0.29, 0.717) is 24.4 Å². The van der Waals surface area contributed by atoms with Gasteiger partial charge in [-0.25, -0.2) is 4.57 Å². The van der Waals surface area contributed by atoms with Gasteiger partial charge >= 0.3 is 5.97 Å². The number of aryl methyl sites for hydroxylation is 1. The Bertz CT molecular complexity index is 785. The highest BCUT2D eigenvalue weighted by Crippen LogP contribution is 2.19. The number of aromatic nitrogens is 1. The Hall–Kier alpha value is -2.69. The van der Waals surface area contributed by atoms with Gasteiger partial charge < -0.3 is 10.1 Å². The summed E-state index contributed by atoms with van der Waals surface area (Å²) >= 11 is 0. The number of hydrogen-bond donors (Lipinski definition) is 1. The summed E-state index contributed by atoms with van der Waals surface area (Å²) in [5.41, 5.74) is 2.85. The molecule has 1 amide bonds. The Morgan fingerprint density at radius 3 is 2.46 bits per heavy atom. The smallest absolute Gasteiger partial charge is 0.313 e. The first-order valence-electron chi connectivity index (χ1n) is 9.85. The van der Waals surface area contributed by atoms with Gasteiger partial charge in [0.2, 0.25) is 0 Å². The van der Waals surface area contributed by atoms with E-state index in [4.69, 9.17) is 4.74 Å². The lowest BCUT2D eigenvalue weighted by Crippen LogP contribution is -2.31. The monoisotopic (exact) mass is 383 g/mol. The molecule has 150 valence electrons. The number of pyridine rings is 1. The van der Waals surface area contributed by atoms with E-state index >= 15 is 0 Å². The first kappa shape index (κ1) is 21.6. The molecule has 5 nitrogen and oxygen atoms in total. The van der Waals surface area contributed by atoms with Crippen LogP contribution in [-0.4, -0.2) is 25.0 Å². The largest absolute Gasteiger partial charge is 0.465 e. The Morgan fingerprint density at radius 1 is 1.11 bits per heavy atom. The lowest BCUT2D eigenvalue weighted by molar-refractivity contribution is -0.671. The lowest BCUT2D eigenvalue weighted by Gasteiger charge is -2.13. The molecule has 0 saturated carbocycles. The van der Waals surface area contributed by atoms with Crippen LogP contribution in [0.5, 0.6) is 0 Å². The van der Waals surface area contributed by atoms with Gasteiger partial charge in [-0.1, -0.05) is 38.1 Å². The molecule has 1 atom stereocenters. The van der Waals surface area contributed by atoms with E-state index < -0.39 is 0 Å². The number of ether oxygens (including phenoxy) is 1. The van der Waals surface area contributed by atoms with E-state index in [2.05, 4.69) is 31.3 Å². The molecule has 0 aliphatic carbocycles. The number of carbonyl (C=O) groups is 2. The second-order valence-corrected chi connectivity index (χ2v) is 7.60. The first-order valence-corrected chi connectivity index (χ1v) is 9.85. The molecule has 28 heavy (non-hydrogen) atoms. The van der Waals surface area contributed by atoms with Crippen LogP contribution in [0.25, 0.3) is 0 Å². The zero-order valence-corrected chi connectivity index (χ0v) is 17.3. The Labute approximate surface area is 167 Å². The van der Waals surface area contributed by atoms with Crippen LogP contribution in [-0.2, 0) is 23.0 Å². The molecule has 1 heterocycles. The standard InChI is InChI=1S/C23H30N2O3/c1-17(2)15-19-8-10-20(11-9-19)18(3)23(27)28-14-6-12-24-22(26)21-7-5-13-25(4)16-21/h5,7-11,13,16-18H,6,12,14-15H2,1-4H3/p+1. The van der Waals surface area contributed by atoms with Crippen LogP contribution >= 0.6 is 0 Å². The summed E-state index contributed by atoms with van der Waals surface area (Å²) in [6.45, 7) is 6.99. The van der Waals surface area contributed by atoms with Crippen LogP contribution in [0.2, 0.25) is 0 Å². The molecule has 2 rings (SSSR count). The molecule has 0 aliphatic rings. The fourth-order valence-corrected chi connectivity index (χ4v) is 2.95. The maximum Gasteiger partial charge on any atom is 0.313 e. The molecule has 0 spiro atoms. The highest BCUT2D eigenvalue weighted by molar-refractivity contribution is 5.93. The van der Waals surface area contributed by atoms with Gasteiger partial charge in [0.25, 0.3) is 5.91 Å². The fraction of sp³-hybridized carbons (Fsp3) is 0.435. The third-order valence-corrected chi connectivity index (χ3v) is 4.53. The van der Waals surface area contributed by atoms with Crippen molar-refractivity contribution in [1.82, 2.24) is 5.32 Å². The fourth-order valence-electron chi connectivity index (χ4n) is 2.95. The van der Waals surface area contributed by atoms with Gasteiger partial charge in [0.1, 0.15) is 12.6 Å². The summed E-state index contributed by atoms with van der Waals surface area (Å²) in [5.74, 6) is -0.0548. The quantitative estimate of drug-likeness (QED) is 0.411. The minimum Gasteiger partial charge on any atom is -0.465 e. The van der Waals surface area contributed by atoms with E-state index in [-0.39, 0.29) is 24.4 Å². The molecule has 1 N–H and O–H groups in total. The normalized spacial score (nSPS) is 11.9. The van der Waals surface area contributed by atoms with Crippen LogP contribution in [0.3, 0.4) is 0 Å². The van der Waals surface area contributed by atoms with Gasteiger partial charge in [-0.15, -0.1) is 0 Å². The van der Waals surface area contributed by atoms with Gasteiger partial charge in [-0.05, 0) is 42.9 Å². The van der Waals surface area contributed by atoms with Crippen LogP contribution in [0, 0.1) is 5.92 Å². The van der Waals surface area contributed by atoms with E-state index in [1.807, 2.05) is 42.9 Å². The number of nitrogens with one attached hydrogen (secondary N) is 1. The van der Waals surface area contributed by atoms with Crippen molar-refractivity contribution in [1.29, 1.82) is 0 Å². The van der Waals surface area contributed by atoms with Crippen LogP contribution in [0.4, 0.5) is 0 Å². The molecule has 0 aliphatic heterocycles. The summed E-state index contributed by atoms with van der Waals surface area (Å²) in [7, 11) is 1.87. The second kappa shape index (κ2) is 10.6. The number of nitrogens with zero attached hydrogens (tertiary/aromatic N) is 1. The zero-order valence-electron chi connectivity index (χ0n) is 17.3. The number of amides is 1. The maximum absolute atomic E-state index is 12.2. The third-order valence-electron chi connectivity index (χ3n) is 4.53. The number of hydrogen-bond acceptors (Lipinski definition) is 3. The van der Waals surface area contributed by atoms with Gasteiger partial charge in [0, 0.05) is 12.6 Å². The van der Waals surface area contributed by atoms with Crippen molar-refractivity contribution in [3.8, 4) is 0 Å². The summed E-state index contributed by atoms with van der Waals surface area (Å²) in [5, 5.41) is 2.84. The van der Waals surface area contributed by atoms with Crippen LogP contribution in [0.15, 0.2) is 48.8 Å². The van der Waals surface area contributed by atoms with Crippen molar-refractivity contribution in [3.05, 3.63) is 65.5 Å². The molecule has 0 fully saturated rings. The third kappa shape index (κ3) is 6.80.